The van der Waals surface area contributed by atoms with Gasteiger partial charge in [-0.05, 0) is 35.8 Å². The first-order chi connectivity index (χ1) is 10.2. The normalized spacial score (nSPS) is 11.3. The van der Waals surface area contributed by atoms with Crippen molar-refractivity contribution in [3.8, 4) is 22.6 Å². The Hall–Kier alpha value is -2.26. The van der Waals surface area contributed by atoms with Gasteiger partial charge in [0.1, 0.15) is 11.5 Å². The standard InChI is InChI=1S/C18H20O3/c1-13(11-12-19)14-7-9-15(10-8-14)18-16(20-2)5-4-6-17(18)21-3/h4-11,19H,12H2,1-3H3/b13-11+. The van der Waals surface area contributed by atoms with Gasteiger partial charge in [0.15, 0.2) is 0 Å². The highest BCUT2D eigenvalue weighted by molar-refractivity contribution is 5.78. The van der Waals surface area contributed by atoms with Gasteiger partial charge >= 0.3 is 0 Å². The van der Waals surface area contributed by atoms with Crippen LogP contribution in [0.15, 0.2) is 48.5 Å². The lowest BCUT2D eigenvalue weighted by atomic mass is 9.99. The summed E-state index contributed by atoms with van der Waals surface area (Å²) < 4.78 is 10.9. The van der Waals surface area contributed by atoms with Crippen LogP contribution >= 0.6 is 0 Å². The van der Waals surface area contributed by atoms with Crippen LogP contribution in [-0.4, -0.2) is 25.9 Å². The maximum absolute atomic E-state index is 8.96. The molecule has 110 valence electrons. The molecule has 0 aliphatic carbocycles. The quantitative estimate of drug-likeness (QED) is 0.908. The molecular weight excluding hydrogens is 264 g/mol. The lowest BCUT2D eigenvalue weighted by Crippen LogP contribution is -1.93. The van der Waals surface area contributed by atoms with Crippen LogP contribution in [0.25, 0.3) is 16.7 Å². The number of hydrogen-bond acceptors (Lipinski definition) is 3. The number of hydrogen-bond donors (Lipinski definition) is 1. The number of benzene rings is 2. The van der Waals surface area contributed by atoms with Crippen molar-refractivity contribution in [2.24, 2.45) is 0 Å². The maximum atomic E-state index is 8.96. The minimum absolute atomic E-state index is 0.0495. The summed E-state index contributed by atoms with van der Waals surface area (Å²) >= 11 is 0. The molecule has 0 unspecified atom stereocenters. The number of rotatable bonds is 5. The zero-order valence-corrected chi connectivity index (χ0v) is 12.6. The molecule has 0 radical (unpaired) electrons. The summed E-state index contributed by atoms with van der Waals surface area (Å²) in [4.78, 5) is 0. The van der Waals surface area contributed by atoms with Gasteiger partial charge in [-0.2, -0.15) is 0 Å². The van der Waals surface area contributed by atoms with Crippen LogP contribution in [-0.2, 0) is 0 Å². The van der Waals surface area contributed by atoms with Crippen molar-refractivity contribution in [2.45, 2.75) is 6.92 Å². The monoisotopic (exact) mass is 284 g/mol. The first-order valence-electron chi connectivity index (χ1n) is 6.80. The van der Waals surface area contributed by atoms with E-state index >= 15 is 0 Å². The molecule has 21 heavy (non-hydrogen) atoms. The second-order valence-electron chi connectivity index (χ2n) is 4.68. The molecule has 0 aliphatic rings. The molecule has 0 atom stereocenters. The lowest BCUT2D eigenvalue weighted by molar-refractivity contribution is 0.343. The van der Waals surface area contributed by atoms with Gasteiger partial charge in [-0.15, -0.1) is 0 Å². The van der Waals surface area contributed by atoms with Crippen LogP contribution in [0.1, 0.15) is 12.5 Å². The predicted molar refractivity (Wildman–Crippen MR) is 85.7 cm³/mol. The fourth-order valence-corrected chi connectivity index (χ4v) is 2.29. The van der Waals surface area contributed by atoms with Crippen LogP contribution < -0.4 is 9.47 Å². The molecule has 0 spiro atoms. The molecule has 0 saturated carbocycles. The van der Waals surface area contributed by atoms with Gasteiger partial charge in [0.2, 0.25) is 0 Å². The Labute approximate surface area is 125 Å². The van der Waals surface area contributed by atoms with Crippen molar-refractivity contribution in [1.29, 1.82) is 0 Å². The van der Waals surface area contributed by atoms with Crippen molar-refractivity contribution < 1.29 is 14.6 Å². The second kappa shape index (κ2) is 6.95. The smallest absolute Gasteiger partial charge is 0.130 e. The van der Waals surface area contributed by atoms with E-state index in [-0.39, 0.29) is 6.61 Å². The third-order valence-corrected chi connectivity index (χ3v) is 3.45. The van der Waals surface area contributed by atoms with Crippen LogP contribution in [0.2, 0.25) is 0 Å². The van der Waals surface area contributed by atoms with E-state index in [2.05, 4.69) is 0 Å². The number of ether oxygens (including phenoxy) is 2. The first kappa shape index (κ1) is 15.1. The third-order valence-electron chi connectivity index (χ3n) is 3.45. The van der Waals surface area contributed by atoms with E-state index in [1.165, 1.54) is 0 Å². The summed E-state index contributed by atoms with van der Waals surface area (Å²) in [7, 11) is 3.31. The molecule has 0 bridgehead atoms. The molecule has 3 heteroatoms. The Kier molecular flexibility index (Phi) is 5.01. The first-order valence-corrected chi connectivity index (χ1v) is 6.80. The number of aliphatic hydroxyl groups excluding tert-OH is 1. The summed E-state index contributed by atoms with van der Waals surface area (Å²) in [6.45, 7) is 2.03. The van der Waals surface area contributed by atoms with E-state index in [1.54, 1.807) is 20.3 Å². The summed E-state index contributed by atoms with van der Waals surface area (Å²) in [6, 6.07) is 13.9. The van der Waals surface area contributed by atoms with Crippen molar-refractivity contribution in [3.63, 3.8) is 0 Å². The van der Waals surface area contributed by atoms with Gasteiger partial charge in [0.05, 0.1) is 26.4 Å². The van der Waals surface area contributed by atoms with E-state index in [4.69, 9.17) is 14.6 Å². The van der Waals surface area contributed by atoms with Gasteiger partial charge < -0.3 is 14.6 Å². The van der Waals surface area contributed by atoms with Crippen molar-refractivity contribution >= 4 is 5.57 Å². The Balaban J connectivity index is 2.46. The highest BCUT2D eigenvalue weighted by atomic mass is 16.5. The van der Waals surface area contributed by atoms with Gasteiger partial charge in [-0.25, -0.2) is 0 Å². The molecule has 0 aliphatic heterocycles. The Morgan fingerprint density at radius 3 is 2.05 bits per heavy atom. The largest absolute Gasteiger partial charge is 0.496 e. The van der Waals surface area contributed by atoms with Gasteiger partial charge in [-0.3, -0.25) is 0 Å². The molecule has 0 aromatic heterocycles. The van der Waals surface area contributed by atoms with Crippen LogP contribution in [0.5, 0.6) is 11.5 Å². The molecule has 2 aromatic rings. The average Bonchev–Trinajstić information content (AvgIpc) is 2.54. The topological polar surface area (TPSA) is 38.7 Å². The van der Waals surface area contributed by atoms with Crippen molar-refractivity contribution in [3.05, 3.63) is 54.1 Å². The van der Waals surface area contributed by atoms with Crippen LogP contribution in [0.4, 0.5) is 0 Å². The minimum Gasteiger partial charge on any atom is -0.496 e. The molecule has 3 nitrogen and oxygen atoms in total. The van der Waals surface area contributed by atoms with Gasteiger partial charge in [-0.1, -0.05) is 36.4 Å². The van der Waals surface area contributed by atoms with Gasteiger partial charge in [0, 0.05) is 0 Å². The molecule has 0 saturated heterocycles. The number of allylic oxidation sites excluding steroid dienone is 1. The molecule has 2 rings (SSSR count). The van der Waals surface area contributed by atoms with Crippen LogP contribution in [0.3, 0.4) is 0 Å². The molecule has 0 fully saturated rings. The fourth-order valence-electron chi connectivity index (χ4n) is 2.29. The molecule has 1 N–H and O–H groups in total. The highest BCUT2D eigenvalue weighted by Gasteiger charge is 2.12. The van der Waals surface area contributed by atoms with E-state index in [9.17, 15) is 0 Å². The average molecular weight is 284 g/mol. The third kappa shape index (κ3) is 3.26. The minimum atomic E-state index is 0.0495. The summed E-state index contributed by atoms with van der Waals surface area (Å²) in [5, 5.41) is 8.96. The predicted octanol–water partition coefficient (Wildman–Crippen LogP) is 3.77. The molecule has 0 heterocycles. The molecule has 2 aromatic carbocycles. The summed E-state index contributed by atoms with van der Waals surface area (Å²) in [6.07, 6.45) is 1.79. The maximum Gasteiger partial charge on any atom is 0.130 e. The van der Waals surface area contributed by atoms with Crippen molar-refractivity contribution in [1.82, 2.24) is 0 Å². The van der Waals surface area contributed by atoms with Crippen LogP contribution in [0, 0.1) is 0 Å². The SMILES string of the molecule is COc1cccc(OC)c1-c1ccc(/C(C)=C/CO)cc1. The summed E-state index contributed by atoms with van der Waals surface area (Å²) in [5.41, 5.74) is 4.11. The fraction of sp³-hybridized carbons (Fsp3) is 0.222. The van der Waals surface area contributed by atoms with E-state index in [1.807, 2.05) is 49.4 Å². The van der Waals surface area contributed by atoms with Crippen molar-refractivity contribution in [2.75, 3.05) is 20.8 Å². The van der Waals surface area contributed by atoms with E-state index in [0.717, 1.165) is 33.8 Å². The Bertz CT molecular complexity index is 605. The second-order valence-corrected chi connectivity index (χ2v) is 4.68. The lowest BCUT2D eigenvalue weighted by Gasteiger charge is -2.13. The Morgan fingerprint density at radius 1 is 1.00 bits per heavy atom. The molecule has 0 amide bonds. The Morgan fingerprint density at radius 2 is 1.57 bits per heavy atom. The van der Waals surface area contributed by atoms with E-state index < -0.39 is 0 Å². The zero-order valence-electron chi connectivity index (χ0n) is 12.6. The van der Waals surface area contributed by atoms with Gasteiger partial charge in [0.25, 0.3) is 0 Å². The zero-order chi connectivity index (χ0) is 15.2. The van der Waals surface area contributed by atoms with E-state index in [0.29, 0.717) is 0 Å². The number of aliphatic hydroxyl groups is 1. The summed E-state index contributed by atoms with van der Waals surface area (Å²) in [5.74, 6) is 1.56. The molecular formula is C18H20O3. The highest BCUT2D eigenvalue weighted by Crippen LogP contribution is 2.38. The number of methoxy groups -OCH3 is 2.